The van der Waals surface area contributed by atoms with E-state index in [4.69, 9.17) is 11.6 Å². The fourth-order valence-electron chi connectivity index (χ4n) is 1.93. The van der Waals surface area contributed by atoms with Gasteiger partial charge in [0.25, 0.3) is 0 Å². The van der Waals surface area contributed by atoms with Crippen molar-refractivity contribution in [1.82, 2.24) is 15.1 Å². The van der Waals surface area contributed by atoms with Crippen LogP contribution in [0.3, 0.4) is 0 Å². The molecule has 2 aromatic rings. The minimum Gasteiger partial charge on any atom is -0.307 e. The van der Waals surface area contributed by atoms with Crippen LogP contribution in [-0.2, 0) is 13.1 Å². The van der Waals surface area contributed by atoms with Crippen molar-refractivity contribution in [2.75, 3.05) is 0 Å². The van der Waals surface area contributed by atoms with Crippen molar-refractivity contribution in [3.05, 3.63) is 38.3 Å². The zero-order valence-electron chi connectivity index (χ0n) is 12.7. The molecule has 0 aliphatic rings. The Kier molecular flexibility index (Phi) is 4.57. The van der Waals surface area contributed by atoms with Crippen LogP contribution >= 0.6 is 22.9 Å². The maximum absolute atomic E-state index is 6.05. The quantitative estimate of drug-likeness (QED) is 0.919. The Morgan fingerprint density at radius 2 is 2.05 bits per heavy atom. The van der Waals surface area contributed by atoms with E-state index in [0.29, 0.717) is 0 Å². The number of nitrogens with one attached hydrogen (secondary N) is 1. The predicted octanol–water partition coefficient (Wildman–Crippen LogP) is 4.15. The molecule has 2 rings (SSSR count). The molecule has 0 aliphatic heterocycles. The molecule has 0 aromatic carbocycles. The molecule has 2 heterocycles. The number of aromatic nitrogens is 2. The lowest BCUT2D eigenvalue weighted by molar-refractivity contribution is 0.426. The lowest BCUT2D eigenvalue weighted by Crippen LogP contribution is -2.34. The molecule has 3 nitrogen and oxygen atoms in total. The first kappa shape index (κ1) is 15.5. The molecule has 0 fully saturated rings. The van der Waals surface area contributed by atoms with Crippen molar-refractivity contribution < 1.29 is 0 Å². The summed E-state index contributed by atoms with van der Waals surface area (Å²) in [5.41, 5.74) is 2.35. The van der Waals surface area contributed by atoms with Crippen molar-refractivity contribution in [1.29, 1.82) is 0 Å². The topological polar surface area (TPSA) is 29.9 Å². The van der Waals surface area contributed by atoms with Gasteiger partial charge in [0.1, 0.15) is 0 Å². The van der Waals surface area contributed by atoms with E-state index in [0.717, 1.165) is 23.8 Å². The minimum atomic E-state index is 0.144. The van der Waals surface area contributed by atoms with Crippen molar-refractivity contribution in [3.63, 3.8) is 0 Å². The first-order valence-electron chi connectivity index (χ1n) is 6.77. The van der Waals surface area contributed by atoms with Crippen LogP contribution in [0.2, 0.25) is 5.02 Å². The average molecular weight is 312 g/mol. The van der Waals surface area contributed by atoms with Crippen molar-refractivity contribution in [3.8, 4) is 0 Å². The minimum absolute atomic E-state index is 0.144. The highest BCUT2D eigenvalue weighted by atomic mass is 35.5. The van der Waals surface area contributed by atoms with Crippen LogP contribution in [0.25, 0.3) is 0 Å². The molecule has 0 aliphatic carbocycles. The summed E-state index contributed by atoms with van der Waals surface area (Å²) in [5.74, 6) is 0. The SMILES string of the molecule is Cc1nn(Cc2cc(CNC(C)(C)C)sc2C)cc1Cl. The molecular formula is C15H22ClN3S. The maximum atomic E-state index is 6.05. The summed E-state index contributed by atoms with van der Waals surface area (Å²) >= 11 is 7.90. The normalized spacial score (nSPS) is 12.1. The van der Waals surface area contributed by atoms with Gasteiger partial charge < -0.3 is 5.32 Å². The van der Waals surface area contributed by atoms with Crippen LogP contribution in [0, 0.1) is 13.8 Å². The van der Waals surface area contributed by atoms with Gasteiger partial charge >= 0.3 is 0 Å². The van der Waals surface area contributed by atoms with Crippen LogP contribution in [0.5, 0.6) is 0 Å². The molecule has 20 heavy (non-hydrogen) atoms. The largest absolute Gasteiger partial charge is 0.307 e. The molecule has 0 saturated carbocycles. The average Bonchev–Trinajstić information content (AvgIpc) is 2.81. The summed E-state index contributed by atoms with van der Waals surface area (Å²) in [6.07, 6.45) is 1.89. The highest BCUT2D eigenvalue weighted by molar-refractivity contribution is 7.12. The smallest absolute Gasteiger partial charge is 0.0815 e. The molecule has 0 amide bonds. The Bertz CT molecular complexity index is 573. The standard InChI is InChI=1S/C15H22ClN3S/c1-10-14(16)9-19(18-10)8-12-6-13(20-11(12)2)7-17-15(3,4)5/h6,9,17H,7-8H2,1-5H3. The molecule has 0 bridgehead atoms. The van der Waals surface area contributed by atoms with E-state index >= 15 is 0 Å². The van der Waals surface area contributed by atoms with Crippen molar-refractivity contribution >= 4 is 22.9 Å². The van der Waals surface area contributed by atoms with Crippen LogP contribution < -0.4 is 5.32 Å². The number of hydrogen-bond acceptors (Lipinski definition) is 3. The molecule has 0 spiro atoms. The van der Waals surface area contributed by atoms with E-state index in [2.05, 4.69) is 44.2 Å². The maximum Gasteiger partial charge on any atom is 0.0815 e. The Morgan fingerprint density at radius 1 is 1.35 bits per heavy atom. The van der Waals surface area contributed by atoms with E-state index in [-0.39, 0.29) is 5.54 Å². The number of aryl methyl sites for hydroxylation is 2. The number of hydrogen-bond donors (Lipinski definition) is 1. The third-order valence-corrected chi connectivity index (χ3v) is 4.55. The van der Waals surface area contributed by atoms with E-state index in [1.165, 1.54) is 15.3 Å². The fraction of sp³-hybridized carbons (Fsp3) is 0.533. The Labute approximate surface area is 130 Å². The lowest BCUT2D eigenvalue weighted by Gasteiger charge is -2.19. The molecule has 0 unspecified atom stereocenters. The highest BCUT2D eigenvalue weighted by Crippen LogP contribution is 2.23. The van der Waals surface area contributed by atoms with Gasteiger partial charge in [-0.1, -0.05) is 11.6 Å². The van der Waals surface area contributed by atoms with Gasteiger partial charge in [0.2, 0.25) is 0 Å². The highest BCUT2D eigenvalue weighted by Gasteiger charge is 2.12. The summed E-state index contributed by atoms with van der Waals surface area (Å²) in [6, 6.07) is 2.27. The van der Waals surface area contributed by atoms with E-state index in [1.54, 1.807) is 0 Å². The van der Waals surface area contributed by atoms with E-state index in [1.807, 2.05) is 29.1 Å². The molecule has 5 heteroatoms. The van der Waals surface area contributed by atoms with Gasteiger partial charge in [-0.3, -0.25) is 4.68 Å². The van der Waals surface area contributed by atoms with Crippen LogP contribution in [0.15, 0.2) is 12.3 Å². The summed E-state index contributed by atoms with van der Waals surface area (Å²) in [7, 11) is 0. The third-order valence-electron chi connectivity index (χ3n) is 3.08. The monoisotopic (exact) mass is 311 g/mol. The van der Waals surface area contributed by atoms with Gasteiger partial charge in [-0.2, -0.15) is 5.10 Å². The predicted molar refractivity (Wildman–Crippen MR) is 86.7 cm³/mol. The lowest BCUT2D eigenvalue weighted by atomic mass is 10.1. The first-order chi connectivity index (χ1) is 9.24. The molecule has 0 saturated heterocycles. The van der Waals surface area contributed by atoms with Crippen molar-refractivity contribution in [2.45, 2.75) is 53.2 Å². The van der Waals surface area contributed by atoms with Crippen LogP contribution in [0.1, 0.15) is 41.8 Å². The number of thiophene rings is 1. The fourth-order valence-corrected chi connectivity index (χ4v) is 3.08. The van der Waals surface area contributed by atoms with Gasteiger partial charge in [-0.05, 0) is 46.2 Å². The summed E-state index contributed by atoms with van der Waals surface area (Å²) in [5, 5.41) is 8.67. The molecule has 1 N–H and O–H groups in total. The van der Waals surface area contributed by atoms with Gasteiger partial charge in [0, 0.05) is 28.0 Å². The summed E-state index contributed by atoms with van der Waals surface area (Å²) in [4.78, 5) is 2.71. The first-order valence-corrected chi connectivity index (χ1v) is 7.97. The summed E-state index contributed by atoms with van der Waals surface area (Å²) in [6.45, 7) is 12.3. The molecular weight excluding hydrogens is 290 g/mol. The zero-order valence-corrected chi connectivity index (χ0v) is 14.3. The van der Waals surface area contributed by atoms with Gasteiger partial charge in [-0.15, -0.1) is 11.3 Å². The summed E-state index contributed by atoms with van der Waals surface area (Å²) < 4.78 is 1.91. The van der Waals surface area contributed by atoms with Crippen LogP contribution in [-0.4, -0.2) is 15.3 Å². The van der Waals surface area contributed by atoms with Gasteiger partial charge in [0.15, 0.2) is 0 Å². The molecule has 0 radical (unpaired) electrons. The van der Waals surface area contributed by atoms with E-state index in [9.17, 15) is 0 Å². The molecule has 110 valence electrons. The number of nitrogens with zero attached hydrogens (tertiary/aromatic N) is 2. The van der Waals surface area contributed by atoms with Gasteiger partial charge in [0.05, 0.1) is 17.3 Å². The molecule has 0 atom stereocenters. The van der Waals surface area contributed by atoms with Gasteiger partial charge in [-0.25, -0.2) is 0 Å². The van der Waals surface area contributed by atoms with Crippen molar-refractivity contribution in [2.24, 2.45) is 0 Å². The Morgan fingerprint density at radius 3 is 2.60 bits per heavy atom. The van der Waals surface area contributed by atoms with E-state index < -0.39 is 0 Å². The second kappa shape index (κ2) is 5.88. The number of halogens is 1. The Hall–Kier alpha value is -0.840. The zero-order chi connectivity index (χ0) is 14.9. The third kappa shape index (κ3) is 4.08. The molecule has 2 aromatic heterocycles. The Balaban J connectivity index is 2.07. The van der Waals surface area contributed by atoms with Crippen LogP contribution in [0.4, 0.5) is 0 Å². The second-order valence-corrected chi connectivity index (χ2v) is 7.91. The second-order valence-electron chi connectivity index (χ2n) is 6.16. The number of rotatable bonds is 4.